The number of hydrogen-bond acceptors (Lipinski definition) is 6. The van der Waals surface area contributed by atoms with Crippen molar-refractivity contribution in [1.82, 2.24) is 29.4 Å². The molecular formula is C26H26ClN7OS. The van der Waals surface area contributed by atoms with Gasteiger partial charge in [-0.1, -0.05) is 42.4 Å². The summed E-state index contributed by atoms with van der Waals surface area (Å²) in [6, 6.07) is 17.0. The van der Waals surface area contributed by atoms with E-state index in [2.05, 4.69) is 16.5 Å². The van der Waals surface area contributed by atoms with E-state index in [1.165, 1.54) is 11.8 Å². The highest BCUT2D eigenvalue weighted by Gasteiger charge is 2.22. The smallest absolute Gasteiger partial charge is 0.237 e. The van der Waals surface area contributed by atoms with E-state index in [1.807, 2.05) is 49.7 Å². The van der Waals surface area contributed by atoms with Crippen molar-refractivity contribution in [2.45, 2.75) is 50.6 Å². The van der Waals surface area contributed by atoms with E-state index >= 15 is 0 Å². The van der Waals surface area contributed by atoms with Gasteiger partial charge < -0.3 is 5.32 Å². The molecule has 36 heavy (non-hydrogen) atoms. The lowest BCUT2D eigenvalue weighted by Crippen LogP contribution is -2.25. The van der Waals surface area contributed by atoms with Gasteiger partial charge in [-0.05, 0) is 62.7 Å². The largest absolute Gasteiger partial charge is 0.325 e. The van der Waals surface area contributed by atoms with Gasteiger partial charge in [0, 0.05) is 34.8 Å². The molecule has 0 spiro atoms. The van der Waals surface area contributed by atoms with Gasteiger partial charge in [0.05, 0.1) is 16.5 Å². The molecule has 184 valence electrons. The van der Waals surface area contributed by atoms with Crippen LogP contribution in [0.25, 0.3) is 16.6 Å². The Hall–Kier alpha value is -3.43. The van der Waals surface area contributed by atoms with Crippen molar-refractivity contribution >= 4 is 51.5 Å². The molecule has 0 saturated carbocycles. The van der Waals surface area contributed by atoms with Crippen molar-refractivity contribution < 1.29 is 4.79 Å². The SMILES string of the molecule is CC[C@H](Sc1nc2ccccc2c2nc(CCn3nc(C)cc3C)nn12)C(=O)Nc1ccc(Cl)cc1. The molecule has 8 nitrogen and oxygen atoms in total. The third-order valence-corrected chi connectivity index (χ3v) is 7.43. The standard InChI is InChI=1S/C26H26ClN7OS/c1-4-22(25(35)28-19-11-9-18(27)10-12-19)36-26-29-21-8-6-5-7-20(21)24-30-23(32-34(24)26)13-14-33-17(3)15-16(2)31-33/h5-12,15,22H,4,13-14H2,1-3H3,(H,28,35)/t22-/m0/s1. The Morgan fingerprint density at radius 2 is 1.86 bits per heavy atom. The number of rotatable bonds is 8. The zero-order valence-electron chi connectivity index (χ0n) is 20.3. The summed E-state index contributed by atoms with van der Waals surface area (Å²) in [5, 5.41) is 14.1. The molecule has 1 N–H and O–H groups in total. The predicted octanol–water partition coefficient (Wildman–Crippen LogP) is 5.50. The molecule has 3 aromatic heterocycles. The average Bonchev–Trinajstić information content (AvgIpc) is 3.44. The minimum absolute atomic E-state index is 0.0993. The van der Waals surface area contributed by atoms with Gasteiger partial charge in [0.15, 0.2) is 16.6 Å². The van der Waals surface area contributed by atoms with Crippen LogP contribution < -0.4 is 5.32 Å². The van der Waals surface area contributed by atoms with E-state index in [-0.39, 0.29) is 11.2 Å². The summed E-state index contributed by atoms with van der Waals surface area (Å²) < 4.78 is 3.74. The summed E-state index contributed by atoms with van der Waals surface area (Å²) in [5.74, 6) is 0.610. The summed E-state index contributed by atoms with van der Waals surface area (Å²) in [5.41, 5.74) is 4.36. The number of para-hydroxylation sites is 1. The summed E-state index contributed by atoms with van der Waals surface area (Å²) in [6.07, 6.45) is 1.26. The van der Waals surface area contributed by atoms with E-state index in [4.69, 9.17) is 26.7 Å². The fourth-order valence-corrected chi connectivity index (χ4v) is 5.16. The molecule has 5 aromatic rings. The zero-order chi connectivity index (χ0) is 25.2. The molecule has 10 heteroatoms. The van der Waals surface area contributed by atoms with Gasteiger partial charge in [0.25, 0.3) is 0 Å². The average molecular weight is 520 g/mol. The van der Waals surface area contributed by atoms with Gasteiger partial charge >= 0.3 is 0 Å². The summed E-state index contributed by atoms with van der Waals surface area (Å²) in [6.45, 7) is 6.70. The van der Waals surface area contributed by atoms with Crippen LogP contribution in [-0.4, -0.2) is 40.5 Å². The first-order valence-electron chi connectivity index (χ1n) is 11.8. The minimum Gasteiger partial charge on any atom is -0.325 e. The zero-order valence-corrected chi connectivity index (χ0v) is 21.8. The number of amides is 1. The molecule has 0 aliphatic rings. The third kappa shape index (κ3) is 5.08. The van der Waals surface area contributed by atoms with Crippen LogP contribution in [0.1, 0.15) is 30.6 Å². The number of nitrogens with zero attached hydrogens (tertiary/aromatic N) is 6. The molecule has 0 saturated heterocycles. The van der Waals surface area contributed by atoms with E-state index in [1.54, 1.807) is 28.8 Å². The number of aromatic nitrogens is 6. The van der Waals surface area contributed by atoms with Crippen molar-refractivity contribution in [1.29, 1.82) is 0 Å². The number of halogens is 1. The van der Waals surface area contributed by atoms with Gasteiger partial charge in [0.1, 0.15) is 0 Å². The third-order valence-electron chi connectivity index (χ3n) is 5.87. The topological polar surface area (TPSA) is 90.0 Å². The maximum atomic E-state index is 13.1. The van der Waals surface area contributed by atoms with E-state index in [9.17, 15) is 4.79 Å². The number of hydrogen-bond donors (Lipinski definition) is 1. The maximum absolute atomic E-state index is 13.1. The molecule has 0 aliphatic carbocycles. The molecule has 0 aliphatic heterocycles. The van der Waals surface area contributed by atoms with Crippen LogP contribution in [0.2, 0.25) is 5.02 Å². The summed E-state index contributed by atoms with van der Waals surface area (Å²) in [7, 11) is 0. The summed E-state index contributed by atoms with van der Waals surface area (Å²) in [4.78, 5) is 22.8. The normalized spacial score (nSPS) is 12.3. The second-order valence-corrected chi connectivity index (χ2v) is 10.2. The van der Waals surface area contributed by atoms with Gasteiger partial charge in [-0.25, -0.2) is 9.97 Å². The predicted molar refractivity (Wildman–Crippen MR) is 144 cm³/mol. The van der Waals surface area contributed by atoms with Crippen LogP contribution in [0.4, 0.5) is 5.69 Å². The Kier molecular flexibility index (Phi) is 6.93. The molecule has 3 heterocycles. The lowest BCUT2D eigenvalue weighted by Gasteiger charge is -2.15. The van der Waals surface area contributed by atoms with Gasteiger partial charge in [-0.2, -0.15) is 9.61 Å². The monoisotopic (exact) mass is 519 g/mol. The molecular weight excluding hydrogens is 494 g/mol. The molecule has 1 amide bonds. The van der Waals surface area contributed by atoms with Crippen LogP contribution in [0.5, 0.6) is 0 Å². The van der Waals surface area contributed by atoms with Crippen LogP contribution in [0.15, 0.2) is 59.8 Å². The van der Waals surface area contributed by atoms with Gasteiger partial charge in [-0.15, -0.1) is 5.10 Å². The second kappa shape index (κ2) is 10.3. The van der Waals surface area contributed by atoms with Crippen LogP contribution in [0.3, 0.4) is 0 Å². The fourth-order valence-electron chi connectivity index (χ4n) is 4.07. The van der Waals surface area contributed by atoms with Crippen molar-refractivity contribution in [2.75, 3.05) is 5.32 Å². The number of carbonyl (C=O) groups is 1. The lowest BCUT2D eigenvalue weighted by molar-refractivity contribution is -0.115. The molecule has 0 unspecified atom stereocenters. The Morgan fingerprint density at radius 1 is 1.08 bits per heavy atom. The summed E-state index contributed by atoms with van der Waals surface area (Å²) >= 11 is 7.36. The molecule has 0 fully saturated rings. The molecule has 5 rings (SSSR count). The minimum atomic E-state index is -0.361. The van der Waals surface area contributed by atoms with Crippen molar-refractivity contribution in [3.05, 3.63) is 76.8 Å². The van der Waals surface area contributed by atoms with E-state index < -0.39 is 0 Å². The van der Waals surface area contributed by atoms with Gasteiger partial charge in [0.2, 0.25) is 5.91 Å². The highest BCUT2D eigenvalue weighted by Crippen LogP contribution is 2.29. The van der Waals surface area contributed by atoms with E-state index in [0.29, 0.717) is 41.1 Å². The van der Waals surface area contributed by atoms with Crippen LogP contribution in [0, 0.1) is 13.8 Å². The molecule has 0 bridgehead atoms. The van der Waals surface area contributed by atoms with Crippen LogP contribution >= 0.6 is 23.4 Å². The Balaban J connectivity index is 1.45. The number of anilines is 1. The van der Waals surface area contributed by atoms with Crippen LogP contribution in [-0.2, 0) is 17.8 Å². The first-order chi connectivity index (χ1) is 17.4. The fraction of sp³-hybridized carbons (Fsp3) is 0.269. The van der Waals surface area contributed by atoms with Crippen molar-refractivity contribution in [3.8, 4) is 0 Å². The Morgan fingerprint density at radius 3 is 2.58 bits per heavy atom. The number of benzene rings is 2. The van der Waals surface area contributed by atoms with E-state index in [0.717, 1.165) is 27.9 Å². The highest BCUT2D eigenvalue weighted by molar-refractivity contribution is 8.00. The first kappa shape index (κ1) is 24.3. The van der Waals surface area contributed by atoms with Crippen molar-refractivity contribution in [2.24, 2.45) is 0 Å². The maximum Gasteiger partial charge on any atom is 0.237 e. The quantitative estimate of drug-likeness (QED) is 0.215. The first-order valence-corrected chi connectivity index (χ1v) is 13.1. The molecule has 2 aromatic carbocycles. The Bertz CT molecular complexity index is 1540. The molecule has 0 radical (unpaired) electrons. The second-order valence-electron chi connectivity index (χ2n) is 8.59. The lowest BCUT2D eigenvalue weighted by atomic mass is 10.2. The number of thioether (sulfide) groups is 1. The Labute approximate surface area is 218 Å². The van der Waals surface area contributed by atoms with Crippen molar-refractivity contribution in [3.63, 3.8) is 0 Å². The number of nitrogens with one attached hydrogen (secondary N) is 1. The number of fused-ring (bicyclic) bond motifs is 3. The number of carbonyl (C=O) groups excluding carboxylic acids is 1. The number of aryl methyl sites for hydroxylation is 4. The van der Waals surface area contributed by atoms with Gasteiger partial charge in [-0.3, -0.25) is 9.48 Å². The highest BCUT2D eigenvalue weighted by atomic mass is 35.5. The molecule has 1 atom stereocenters.